The molecule has 2 aromatic carbocycles. The van der Waals surface area contributed by atoms with Gasteiger partial charge in [-0.1, -0.05) is 48.9 Å². The van der Waals surface area contributed by atoms with E-state index in [1.54, 1.807) is 0 Å². The standard InChI is InChI=1S/C27H34N6O/c1-6-24(25-29-30-31-33(25)27(3,4)5)32(15-14-20-10-8-7-9-11-20)18-22-17-21-16-19(2)12-13-23(21)28-26(22)34/h7-13,16-17,24H,6,14-15,18H2,1-5H3,(H,28,34). The number of aromatic amines is 1. The molecule has 2 heterocycles. The Kier molecular flexibility index (Phi) is 6.93. The fourth-order valence-electron chi connectivity index (χ4n) is 4.45. The number of hydrogen-bond acceptors (Lipinski definition) is 5. The summed E-state index contributed by atoms with van der Waals surface area (Å²) >= 11 is 0. The quantitative estimate of drug-likeness (QED) is 0.411. The second-order valence-corrected chi connectivity index (χ2v) is 9.96. The van der Waals surface area contributed by atoms with Gasteiger partial charge in [-0.2, -0.15) is 0 Å². The molecule has 0 bridgehead atoms. The molecule has 2 aromatic heterocycles. The van der Waals surface area contributed by atoms with E-state index >= 15 is 0 Å². The third-order valence-electron chi connectivity index (χ3n) is 6.24. The van der Waals surface area contributed by atoms with Gasteiger partial charge in [-0.25, -0.2) is 4.68 Å². The topological polar surface area (TPSA) is 79.7 Å². The van der Waals surface area contributed by atoms with E-state index in [1.165, 1.54) is 11.1 Å². The molecule has 0 fully saturated rings. The minimum Gasteiger partial charge on any atom is -0.322 e. The van der Waals surface area contributed by atoms with Crippen molar-refractivity contribution in [1.82, 2.24) is 30.1 Å². The summed E-state index contributed by atoms with van der Waals surface area (Å²) in [5.74, 6) is 0.830. The summed E-state index contributed by atoms with van der Waals surface area (Å²) in [6.07, 6.45) is 1.70. The van der Waals surface area contributed by atoms with Crippen LogP contribution in [0.4, 0.5) is 0 Å². The number of nitrogens with zero attached hydrogens (tertiary/aromatic N) is 5. The van der Waals surface area contributed by atoms with Gasteiger partial charge in [0.2, 0.25) is 0 Å². The molecule has 0 aliphatic rings. The molecule has 34 heavy (non-hydrogen) atoms. The smallest absolute Gasteiger partial charge is 0.252 e. The number of pyridine rings is 1. The van der Waals surface area contributed by atoms with Crippen LogP contribution in [-0.2, 0) is 18.5 Å². The number of hydrogen-bond donors (Lipinski definition) is 1. The second kappa shape index (κ2) is 9.89. The van der Waals surface area contributed by atoms with E-state index in [0.717, 1.165) is 41.7 Å². The van der Waals surface area contributed by atoms with Crippen molar-refractivity contribution in [1.29, 1.82) is 0 Å². The van der Waals surface area contributed by atoms with Crippen LogP contribution in [0.15, 0.2) is 59.4 Å². The largest absolute Gasteiger partial charge is 0.322 e. The van der Waals surface area contributed by atoms with E-state index < -0.39 is 0 Å². The Morgan fingerprint density at radius 1 is 1.09 bits per heavy atom. The maximum Gasteiger partial charge on any atom is 0.252 e. The molecule has 0 radical (unpaired) electrons. The number of H-pyrrole nitrogens is 1. The Hall–Kier alpha value is -3.32. The lowest BCUT2D eigenvalue weighted by Gasteiger charge is -2.32. The molecule has 7 nitrogen and oxygen atoms in total. The molecule has 0 aliphatic carbocycles. The van der Waals surface area contributed by atoms with Crippen molar-refractivity contribution in [3.8, 4) is 0 Å². The Morgan fingerprint density at radius 2 is 1.85 bits per heavy atom. The van der Waals surface area contributed by atoms with Crippen LogP contribution in [0, 0.1) is 6.92 Å². The lowest BCUT2D eigenvalue weighted by atomic mass is 10.0. The van der Waals surface area contributed by atoms with Gasteiger partial charge in [0.15, 0.2) is 5.82 Å². The van der Waals surface area contributed by atoms with Crippen LogP contribution in [-0.4, -0.2) is 36.6 Å². The van der Waals surface area contributed by atoms with Crippen molar-refractivity contribution in [2.75, 3.05) is 6.54 Å². The molecule has 0 spiro atoms. The molecular formula is C27H34N6O. The zero-order valence-corrected chi connectivity index (χ0v) is 20.7. The van der Waals surface area contributed by atoms with Crippen molar-refractivity contribution in [3.05, 3.63) is 87.5 Å². The van der Waals surface area contributed by atoms with Crippen LogP contribution in [0.5, 0.6) is 0 Å². The molecule has 0 saturated carbocycles. The highest BCUT2D eigenvalue weighted by molar-refractivity contribution is 5.79. The van der Waals surface area contributed by atoms with E-state index in [9.17, 15) is 4.79 Å². The van der Waals surface area contributed by atoms with Crippen LogP contribution >= 0.6 is 0 Å². The van der Waals surface area contributed by atoms with Crippen molar-refractivity contribution < 1.29 is 0 Å². The molecule has 1 unspecified atom stereocenters. The van der Waals surface area contributed by atoms with Crippen LogP contribution in [0.1, 0.15) is 62.7 Å². The summed E-state index contributed by atoms with van der Waals surface area (Å²) in [7, 11) is 0. The molecule has 1 atom stereocenters. The van der Waals surface area contributed by atoms with E-state index in [-0.39, 0.29) is 17.1 Å². The van der Waals surface area contributed by atoms with Crippen LogP contribution in [0.3, 0.4) is 0 Å². The van der Waals surface area contributed by atoms with Gasteiger partial charge in [-0.05, 0) is 80.1 Å². The predicted molar refractivity (Wildman–Crippen MR) is 136 cm³/mol. The third-order valence-corrected chi connectivity index (χ3v) is 6.24. The first kappa shape index (κ1) is 23.8. The first-order chi connectivity index (χ1) is 16.3. The third kappa shape index (κ3) is 5.25. The highest BCUT2D eigenvalue weighted by Crippen LogP contribution is 2.27. The van der Waals surface area contributed by atoms with Crippen LogP contribution < -0.4 is 5.56 Å². The van der Waals surface area contributed by atoms with Gasteiger partial charge in [0.25, 0.3) is 5.56 Å². The van der Waals surface area contributed by atoms with E-state index in [1.807, 2.05) is 28.9 Å². The number of nitrogens with one attached hydrogen (secondary N) is 1. The van der Waals surface area contributed by atoms with Crippen molar-refractivity contribution in [2.24, 2.45) is 0 Å². The number of benzene rings is 2. The first-order valence-corrected chi connectivity index (χ1v) is 12.0. The van der Waals surface area contributed by atoms with E-state index in [2.05, 4.69) is 90.4 Å². The number of rotatable bonds is 8. The minimum atomic E-state index is -0.241. The highest BCUT2D eigenvalue weighted by Gasteiger charge is 2.29. The van der Waals surface area contributed by atoms with Gasteiger partial charge in [0.1, 0.15) is 0 Å². The van der Waals surface area contributed by atoms with E-state index in [0.29, 0.717) is 6.54 Å². The SMILES string of the molecule is CCC(c1nnnn1C(C)(C)C)N(CCc1ccccc1)Cc1cc2cc(C)ccc2[nH]c1=O. The number of aromatic nitrogens is 5. The molecule has 1 N–H and O–H groups in total. The fraction of sp³-hybridized carbons (Fsp3) is 0.407. The molecule has 178 valence electrons. The Morgan fingerprint density at radius 3 is 2.56 bits per heavy atom. The van der Waals surface area contributed by atoms with Gasteiger partial charge >= 0.3 is 0 Å². The summed E-state index contributed by atoms with van der Waals surface area (Å²) in [4.78, 5) is 18.4. The average molecular weight is 459 g/mol. The molecular weight excluding hydrogens is 424 g/mol. The molecule has 7 heteroatoms. The molecule has 4 aromatic rings. The Balaban J connectivity index is 1.72. The first-order valence-electron chi connectivity index (χ1n) is 12.0. The van der Waals surface area contributed by atoms with Gasteiger partial charge in [-0.15, -0.1) is 5.10 Å². The van der Waals surface area contributed by atoms with Crippen molar-refractivity contribution in [2.45, 2.75) is 65.6 Å². The molecule has 4 rings (SSSR count). The minimum absolute atomic E-state index is 0.0226. The zero-order valence-electron chi connectivity index (χ0n) is 20.7. The van der Waals surface area contributed by atoms with Crippen LogP contribution in [0.25, 0.3) is 10.9 Å². The summed E-state index contributed by atoms with van der Waals surface area (Å²) < 4.78 is 1.91. The van der Waals surface area contributed by atoms with Crippen molar-refractivity contribution >= 4 is 10.9 Å². The fourth-order valence-corrected chi connectivity index (χ4v) is 4.45. The van der Waals surface area contributed by atoms with Crippen LogP contribution in [0.2, 0.25) is 0 Å². The molecule has 0 saturated heterocycles. The Bertz CT molecular complexity index is 1300. The number of fused-ring (bicyclic) bond motifs is 1. The predicted octanol–water partition coefficient (Wildman–Crippen LogP) is 4.77. The molecule has 0 aliphatic heterocycles. The number of tetrazole rings is 1. The van der Waals surface area contributed by atoms with Gasteiger partial charge in [0.05, 0.1) is 11.6 Å². The monoisotopic (exact) mass is 458 g/mol. The summed E-state index contributed by atoms with van der Waals surface area (Å²) in [6.45, 7) is 11.8. The second-order valence-electron chi connectivity index (χ2n) is 9.96. The average Bonchev–Trinajstić information content (AvgIpc) is 3.29. The van der Waals surface area contributed by atoms with Gasteiger partial charge in [-0.3, -0.25) is 9.69 Å². The Labute approximate surface area is 200 Å². The maximum atomic E-state index is 13.0. The lowest BCUT2D eigenvalue weighted by molar-refractivity contribution is 0.163. The highest BCUT2D eigenvalue weighted by atomic mass is 16.1. The van der Waals surface area contributed by atoms with Gasteiger partial charge < -0.3 is 4.98 Å². The number of aryl methyl sites for hydroxylation is 1. The molecule has 0 amide bonds. The normalized spacial score (nSPS) is 13.0. The summed E-state index contributed by atoms with van der Waals surface area (Å²) in [5.41, 5.74) is 3.75. The van der Waals surface area contributed by atoms with Crippen molar-refractivity contribution in [3.63, 3.8) is 0 Å². The van der Waals surface area contributed by atoms with Gasteiger partial charge in [0, 0.05) is 24.2 Å². The lowest BCUT2D eigenvalue weighted by Crippen LogP contribution is -2.36. The zero-order chi connectivity index (χ0) is 24.3. The van der Waals surface area contributed by atoms with E-state index in [4.69, 9.17) is 0 Å². The summed E-state index contributed by atoms with van der Waals surface area (Å²) in [6, 6.07) is 18.5. The summed E-state index contributed by atoms with van der Waals surface area (Å²) in [5, 5.41) is 13.8. The maximum absolute atomic E-state index is 13.0.